The van der Waals surface area contributed by atoms with Crippen LogP contribution in [0.1, 0.15) is 75.6 Å². The second kappa shape index (κ2) is 11.9. The molecule has 2 amide bonds. The Morgan fingerprint density at radius 3 is 2.54 bits per heavy atom. The Balaban J connectivity index is 1.53. The van der Waals surface area contributed by atoms with E-state index in [9.17, 15) is 18.8 Å². The Hall–Kier alpha value is -2.45. The fourth-order valence-electron chi connectivity index (χ4n) is 5.93. The molecule has 1 aliphatic carbocycles. The van der Waals surface area contributed by atoms with Gasteiger partial charge in [0.25, 0.3) is 0 Å². The van der Waals surface area contributed by atoms with E-state index in [0.29, 0.717) is 30.6 Å². The number of aromatic nitrogens is 1. The van der Waals surface area contributed by atoms with Gasteiger partial charge in [0, 0.05) is 36.3 Å². The van der Waals surface area contributed by atoms with Crippen molar-refractivity contribution in [3.05, 3.63) is 34.7 Å². The molecule has 37 heavy (non-hydrogen) atoms. The number of carbonyl (C=O) groups is 3. The van der Waals surface area contributed by atoms with Gasteiger partial charge in [0.05, 0.1) is 16.6 Å². The van der Waals surface area contributed by atoms with E-state index >= 15 is 0 Å². The highest BCUT2D eigenvalue weighted by Crippen LogP contribution is 2.32. The predicted molar refractivity (Wildman–Crippen MR) is 143 cm³/mol. The summed E-state index contributed by atoms with van der Waals surface area (Å²) in [7, 11) is 1.74. The van der Waals surface area contributed by atoms with Crippen molar-refractivity contribution < 1.29 is 18.8 Å². The average Bonchev–Trinajstić information content (AvgIpc) is 3.52. The van der Waals surface area contributed by atoms with Crippen LogP contribution in [0.5, 0.6) is 0 Å². The number of carbonyl (C=O) groups excluding carboxylic acids is 3. The number of Topliss-reactive ketones (excluding diaryl/α,β-unsaturated/α-hetero) is 1. The molecule has 9 heteroatoms. The summed E-state index contributed by atoms with van der Waals surface area (Å²) in [5.41, 5.74) is 0.935. The zero-order valence-electron chi connectivity index (χ0n) is 22.0. The fourth-order valence-corrected chi connectivity index (χ4v) is 6.09. The van der Waals surface area contributed by atoms with Crippen LogP contribution in [0.4, 0.5) is 4.39 Å². The number of hydrogen-bond acceptors (Lipinski definition) is 4. The van der Waals surface area contributed by atoms with Crippen LogP contribution in [0.2, 0.25) is 5.02 Å². The lowest BCUT2D eigenvalue weighted by atomic mass is 9.83. The SMILES string of the molecule is CN[C@@H](C)C(=O)N[C@H](C(=O)N1CCC[C@H]1CCn1cc(C(C)=O)c2c(F)c(Cl)ccc21)C1CCCCC1. The standard InChI is InChI=1S/C28H38ClFN4O3/c1-17(31-3)27(36)32-26(19-8-5-4-6-9-19)28(37)34-14-7-10-20(34)13-15-33-16-21(18(2)35)24-23(33)12-11-22(29)25(24)30/h11-12,16-17,19-20,26,31H,4-10,13-15H2,1-3H3,(H,32,36)/t17-,20-,26-/m0/s1. The maximum absolute atomic E-state index is 14.8. The first-order valence-electron chi connectivity index (χ1n) is 13.5. The number of likely N-dealkylation sites (N-methyl/N-ethyl adjacent to an activating group) is 1. The maximum atomic E-state index is 14.8. The van der Waals surface area contributed by atoms with E-state index in [1.54, 1.807) is 26.2 Å². The van der Waals surface area contributed by atoms with Gasteiger partial charge in [-0.2, -0.15) is 0 Å². The number of hydrogen-bond donors (Lipinski definition) is 2. The number of likely N-dealkylation sites (tertiary alicyclic amines) is 1. The van der Waals surface area contributed by atoms with E-state index in [-0.39, 0.29) is 46.0 Å². The van der Waals surface area contributed by atoms with Crippen molar-refractivity contribution in [3.63, 3.8) is 0 Å². The summed E-state index contributed by atoms with van der Waals surface area (Å²) in [5.74, 6) is -0.800. The number of nitrogens with one attached hydrogen (secondary N) is 2. The third-order valence-corrected chi connectivity index (χ3v) is 8.48. The lowest BCUT2D eigenvalue weighted by molar-refractivity contribution is -0.139. The molecule has 4 rings (SSSR count). The third kappa shape index (κ3) is 5.85. The number of benzene rings is 1. The minimum atomic E-state index is -0.581. The van der Waals surface area contributed by atoms with Crippen LogP contribution in [0.15, 0.2) is 18.3 Å². The van der Waals surface area contributed by atoms with Crippen molar-refractivity contribution >= 4 is 40.1 Å². The fraction of sp³-hybridized carbons (Fsp3) is 0.607. The Bertz CT molecular complexity index is 1160. The molecule has 202 valence electrons. The van der Waals surface area contributed by atoms with Gasteiger partial charge in [0.15, 0.2) is 11.6 Å². The minimum Gasteiger partial charge on any atom is -0.347 e. The number of fused-ring (bicyclic) bond motifs is 1. The van der Waals surface area contributed by atoms with Gasteiger partial charge < -0.3 is 20.1 Å². The molecule has 0 radical (unpaired) electrons. The summed E-state index contributed by atoms with van der Waals surface area (Å²) >= 11 is 5.99. The molecule has 3 atom stereocenters. The van der Waals surface area contributed by atoms with Gasteiger partial charge in [-0.3, -0.25) is 14.4 Å². The van der Waals surface area contributed by atoms with E-state index in [1.807, 2.05) is 9.47 Å². The van der Waals surface area contributed by atoms with E-state index < -0.39 is 11.9 Å². The number of amides is 2. The highest BCUT2D eigenvalue weighted by molar-refractivity contribution is 6.31. The van der Waals surface area contributed by atoms with Gasteiger partial charge in [-0.15, -0.1) is 0 Å². The Morgan fingerprint density at radius 1 is 1.14 bits per heavy atom. The van der Waals surface area contributed by atoms with Crippen molar-refractivity contribution in [1.82, 2.24) is 20.1 Å². The Labute approximate surface area is 223 Å². The molecule has 1 aromatic carbocycles. The first kappa shape index (κ1) is 27.6. The second-order valence-electron chi connectivity index (χ2n) is 10.6. The van der Waals surface area contributed by atoms with Crippen LogP contribution in [-0.4, -0.2) is 58.8 Å². The van der Waals surface area contributed by atoms with E-state index in [2.05, 4.69) is 10.6 Å². The van der Waals surface area contributed by atoms with Crippen LogP contribution in [0.25, 0.3) is 10.9 Å². The third-order valence-electron chi connectivity index (χ3n) is 8.19. The topological polar surface area (TPSA) is 83.4 Å². The maximum Gasteiger partial charge on any atom is 0.245 e. The van der Waals surface area contributed by atoms with E-state index in [4.69, 9.17) is 11.6 Å². The van der Waals surface area contributed by atoms with Crippen LogP contribution in [0.3, 0.4) is 0 Å². The molecule has 2 N–H and O–H groups in total. The number of nitrogens with zero attached hydrogens (tertiary/aromatic N) is 2. The van der Waals surface area contributed by atoms with Crippen LogP contribution >= 0.6 is 11.6 Å². The largest absolute Gasteiger partial charge is 0.347 e. The zero-order chi connectivity index (χ0) is 26.7. The van der Waals surface area contributed by atoms with Crippen molar-refractivity contribution in [2.75, 3.05) is 13.6 Å². The van der Waals surface area contributed by atoms with Gasteiger partial charge in [-0.05, 0) is 71.0 Å². The van der Waals surface area contributed by atoms with Crippen molar-refractivity contribution in [1.29, 1.82) is 0 Å². The van der Waals surface area contributed by atoms with Gasteiger partial charge in [0.2, 0.25) is 11.8 Å². The molecule has 0 spiro atoms. The van der Waals surface area contributed by atoms with Gasteiger partial charge >= 0.3 is 0 Å². The molecule has 2 heterocycles. The molecule has 1 aliphatic heterocycles. The first-order chi connectivity index (χ1) is 17.7. The summed E-state index contributed by atoms with van der Waals surface area (Å²) in [6, 6.07) is 2.38. The lowest BCUT2D eigenvalue weighted by Crippen LogP contribution is -2.56. The summed E-state index contributed by atoms with van der Waals surface area (Å²) < 4.78 is 16.7. The van der Waals surface area contributed by atoms with Crippen LogP contribution in [0, 0.1) is 11.7 Å². The summed E-state index contributed by atoms with van der Waals surface area (Å²) in [6.45, 7) is 4.42. The molecule has 1 saturated carbocycles. The van der Waals surface area contributed by atoms with Crippen molar-refractivity contribution in [2.45, 2.75) is 89.9 Å². The predicted octanol–water partition coefficient (Wildman–Crippen LogP) is 4.69. The lowest BCUT2D eigenvalue weighted by Gasteiger charge is -2.35. The quantitative estimate of drug-likeness (QED) is 0.459. The summed E-state index contributed by atoms with van der Waals surface area (Å²) in [4.78, 5) is 40.8. The highest BCUT2D eigenvalue weighted by Gasteiger charge is 2.38. The smallest absolute Gasteiger partial charge is 0.245 e. The number of rotatable bonds is 9. The minimum absolute atomic E-state index is 0.00525. The number of halogens is 2. The Kier molecular flexibility index (Phi) is 8.90. The zero-order valence-corrected chi connectivity index (χ0v) is 22.7. The summed E-state index contributed by atoms with van der Waals surface area (Å²) in [5, 5.41) is 6.27. The normalized spacial score (nSPS) is 20.2. The van der Waals surface area contributed by atoms with Gasteiger partial charge in [-0.25, -0.2) is 4.39 Å². The molecule has 2 aromatic rings. The molecule has 0 bridgehead atoms. The number of ketones is 1. The highest BCUT2D eigenvalue weighted by atomic mass is 35.5. The van der Waals surface area contributed by atoms with Crippen molar-refractivity contribution in [2.24, 2.45) is 5.92 Å². The molecule has 1 aromatic heterocycles. The molecular formula is C28H38ClFN4O3. The van der Waals surface area contributed by atoms with Gasteiger partial charge in [-0.1, -0.05) is 30.9 Å². The molecule has 1 saturated heterocycles. The molecule has 7 nitrogen and oxygen atoms in total. The summed E-state index contributed by atoms with van der Waals surface area (Å²) in [6.07, 6.45) is 9.37. The molecule has 0 unspecified atom stereocenters. The second-order valence-corrected chi connectivity index (χ2v) is 11.0. The van der Waals surface area contributed by atoms with E-state index in [1.165, 1.54) is 19.4 Å². The van der Waals surface area contributed by atoms with Gasteiger partial charge in [0.1, 0.15) is 6.04 Å². The first-order valence-corrected chi connectivity index (χ1v) is 13.9. The number of aryl methyl sites for hydroxylation is 1. The Morgan fingerprint density at radius 2 is 1.86 bits per heavy atom. The molecule has 2 fully saturated rings. The van der Waals surface area contributed by atoms with E-state index in [0.717, 1.165) is 38.5 Å². The van der Waals surface area contributed by atoms with Crippen molar-refractivity contribution in [3.8, 4) is 0 Å². The molecule has 2 aliphatic rings. The van der Waals surface area contributed by atoms with Crippen LogP contribution < -0.4 is 10.6 Å². The van der Waals surface area contributed by atoms with Crippen LogP contribution in [-0.2, 0) is 16.1 Å². The average molecular weight is 533 g/mol. The monoisotopic (exact) mass is 532 g/mol. The molecular weight excluding hydrogens is 495 g/mol.